The summed E-state index contributed by atoms with van der Waals surface area (Å²) in [4.78, 5) is 16.9. The number of hydrogen-bond acceptors (Lipinski definition) is 11. The van der Waals surface area contributed by atoms with Crippen molar-refractivity contribution in [3.8, 4) is 0 Å². The van der Waals surface area contributed by atoms with E-state index in [1.807, 2.05) is 0 Å². The molecular weight excluding hydrogens is 436 g/mol. The number of aliphatic hydroxyl groups excluding tert-OH is 5. The van der Waals surface area contributed by atoms with Crippen LogP contribution in [0.2, 0.25) is 0 Å². The Hall–Kier alpha value is -2.06. The van der Waals surface area contributed by atoms with Gasteiger partial charge in [-0.15, -0.1) is 5.10 Å². The predicted molar refractivity (Wildman–Crippen MR) is 112 cm³/mol. The maximum atomic E-state index is 12.6. The Balaban J connectivity index is 1.22. The first-order chi connectivity index (χ1) is 15.9. The lowest BCUT2D eigenvalue weighted by molar-refractivity contribution is -0.227. The van der Waals surface area contributed by atoms with Crippen LogP contribution in [0.1, 0.15) is 31.4 Å². The number of carbonyl (C=O) groups excluding carboxylic acids is 1. The first-order valence-corrected chi connectivity index (χ1v) is 11.1. The van der Waals surface area contributed by atoms with Gasteiger partial charge in [0.2, 0.25) is 0 Å². The van der Waals surface area contributed by atoms with Crippen LogP contribution < -0.4 is 0 Å². The molecule has 1 saturated heterocycles. The fourth-order valence-corrected chi connectivity index (χ4v) is 4.15. The van der Waals surface area contributed by atoms with Crippen LogP contribution in [0.15, 0.2) is 23.0 Å². The molecule has 0 amide bonds. The van der Waals surface area contributed by atoms with Crippen LogP contribution in [0.3, 0.4) is 0 Å². The lowest BCUT2D eigenvalue weighted by Crippen LogP contribution is -2.58. The van der Waals surface area contributed by atoms with Crippen molar-refractivity contribution in [2.45, 2.75) is 75.5 Å². The van der Waals surface area contributed by atoms with E-state index < -0.39 is 37.1 Å². The highest BCUT2D eigenvalue weighted by Crippen LogP contribution is 2.28. The standard InChI is InChI=1S/C21H30N4O8/c26-8-18-20(30)21(31)19(29)17(33-18)4-13-3-12(5-22-13)16(28)7-25-6-14(23-24-25)10-32-9-11-1-2-15(11)27/h5-6,11,15,17-21,26-27,29-31H,1-4,7-10H2. The van der Waals surface area contributed by atoms with Gasteiger partial charge in [0.25, 0.3) is 0 Å². The van der Waals surface area contributed by atoms with Gasteiger partial charge in [0.1, 0.15) is 36.7 Å². The fraction of sp³-hybridized carbons (Fsp3) is 0.714. The average Bonchev–Trinajstić information content (AvgIpc) is 3.45. The third-order valence-corrected chi connectivity index (χ3v) is 6.43. The van der Waals surface area contributed by atoms with E-state index >= 15 is 0 Å². The van der Waals surface area contributed by atoms with Crippen LogP contribution in [0, 0.1) is 5.92 Å². The Bertz CT molecular complexity index is 901. The summed E-state index contributed by atoms with van der Waals surface area (Å²) in [6.07, 6.45) is -1.03. The Morgan fingerprint density at radius 1 is 1.15 bits per heavy atom. The molecule has 4 rings (SSSR count). The van der Waals surface area contributed by atoms with Crippen molar-refractivity contribution in [1.29, 1.82) is 0 Å². The highest BCUT2D eigenvalue weighted by molar-refractivity contribution is 6.04. The minimum atomic E-state index is -1.44. The number of nitrogens with zero attached hydrogens (tertiary/aromatic N) is 4. The number of aliphatic hydroxyl groups is 5. The molecule has 182 valence electrons. The second-order valence-electron chi connectivity index (χ2n) is 8.85. The molecule has 7 atom stereocenters. The molecule has 12 heteroatoms. The van der Waals surface area contributed by atoms with Crippen molar-refractivity contribution >= 4 is 11.5 Å². The van der Waals surface area contributed by atoms with Gasteiger partial charge in [-0.2, -0.15) is 0 Å². The van der Waals surface area contributed by atoms with Gasteiger partial charge in [0.15, 0.2) is 5.78 Å². The molecule has 1 aromatic heterocycles. The monoisotopic (exact) mass is 466 g/mol. The Morgan fingerprint density at radius 2 is 1.94 bits per heavy atom. The summed E-state index contributed by atoms with van der Waals surface area (Å²) in [5.74, 6) is -0.00869. The molecular formula is C21H30N4O8. The minimum Gasteiger partial charge on any atom is -0.394 e. The molecule has 33 heavy (non-hydrogen) atoms. The third kappa shape index (κ3) is 5.54. The van der Waals surface area contributed by atoms with E-state index in [-0.39, 0.29) is 43.8 Å². The van der Waals surface area contributed by atoms with E-state index in [1.54, 1.807) is 6.20 Å². The Morgan fingerprint density at radius 3 is 2.64 bits per heavy atom. The number of rotatable bonds is 10. The van der Waals surface area contributed by atoms with Crippen molar-refractivity contribution in [2.75, 3.05) is 13.2 Å². The molecule has 3 heterocycles. The highest BCUT2D eigenvalue weighted by atomic mass is 16.5. The van der Waals surface area contributed by atoms with Crippen molar-refractivity contribution in [2.24, 2.45) is 10.9 Å². The molecule has 0 spiro atoms. The number of aliphatic imine (C=N–C) groups is 1. The zero-order chi connectivity index (χ0) is 23.5. The largest absolute Gasteiger partial charge is 0.394 e. The molecule has 5 N–H and O–H groups in total. The summed E-state index contributed by atoms with van der Waals surface area (Å²) in [5, 5.41) is 56.8. The minimum absolute atomic E-state index is 0.0109. The number of aromatic nitrogens is 3. The molecule has 1 aromatic rings. The molecule has 0 aromatic carbocycles. The lowest BCUT2D eigenvalue weighted by atomic mass is 9.83. The van der Waals surface area contributed by atoms with Crippen LogP contribution in [0.25, 0.3) is 0 Å². The normalized spacial score (nSPS) is 34.0. The SMILES string of the molecule is O=C(Cn1cc(COCC2CCC2O)nn1)C1=CN=C(CC2OC(CO)C(O)C(O)C2O)C1. The van der Waals surface area contributed by atoms with Gasteiger partial charge in [-0.1, -0.05) is 5.21 Å². The zero-order valence-corrected chi connectivity index (χ0v) is 18.1. The summed E-state index contributed by atoms with van der Waals surface area (Å²) in [5.41, 5.74) is 1.66. The highest BCUT2D eigenvalue weighted by Gasteiger charge is 2.43. The maximum absolute atomic E-state index is 12.6. The molecule has 1 saturated carbocycles. The molecule has 0 radical (unpaired) electrons. The van der Waals surface area contributed by atoms with Crippen molar-refractivity contribution < 1.29 is 39.8 Å². The van der Waals surface area contributed by atoms with Crippen LogP contribution in [-0.2, 0) is 27.4 Å². The van der Waals surface area contributed by atoms with Gasteiger partial charge in [-0.25, -0.2) is 4.68 Å². The maximum Gasteiger partial charge on any atom is 0.182 e. The molecule has 3 aliphatic rings. The lowest BCUT2D eigenvalue weighted by Gasteiger charge is -2.40. The van der Waals surface area contributed by atoms with Crippen LogP contribution in [-0.4, -0.2) is 102 Å². The molecule has 2 fully saturated rings. The number of Topliss-reactive ketones (excluding diaryl/α,β-unsaturated/α-hetero) is 1. The summed E-state index contributed by atoms with van der Waals surface area (Å²) >= 11 is 0. The van der Waals surface area contributed by atoms with Crippen molar-refractivity contribution in [1.82, 2.24) is 15.0 Å². The topological polar surface area (TPSA) is 180 Å². The van der Waals surface area contributed by atoms with E-state index in [4.69, 9.17) is 9.47 Å². The average molecular weight is 466 g/mol. The van der Waals surface area contributed by atoms with Crippen LogP contribution in [0.5, 0.6) is 0 Å². The van der Waals surface area contributed by atoms with Gasteiger partial charge in [0, 0.05) is 36.2 Å². The van der Waals surface area contributed by atoms with Crippen molar-refractivity contribution in [3.05, 3.63) is 23.7 Å². The van der Waals surface area contributed by atoms with Crippen molar-refractivity contribution in [3.63, 3.8) is 0 Å². The number of ketones is 1. The van der Waals surface area contributed by atoms with E-state index in [0.717, 1.165) is 12.8 Å². The first kappa shape index (κ1) is 24.1. The fourth-order valence-electron chi connectivity index (χ4n) is 4.15. The molecule has 0 bridgehead atoms. The number of ether oxygens (including phenoxy) is 2. The second kappa shape index (κ2) is 10.5. The number of carbonyl (C=O) groups is 1. The molecule has 12 nitrogen and oxygen atoms in total. The molecule has 2 aliphatic heterocycles. The summed E-state index contributed by atoms with van der Waals surface area (Å²) < 4.78 is 12.5. The van der Waals surface area contributed by atoms with Gasteiger partial charge >= 0.3 is 0 Å². The first-order valence-electron chi connectivity index (χ1n) is 11.1. The van der Waals surface area contributed by atoms with Crippen LogP contribution >= 0.6 is 0 Å². The van der Waals surface area contributed by atoms with Gasteiger partial charge in [-0.3, -0.25) is 9.79 Å². The quantitative estimate of drug-likeness (QED) is 0.261. The summed E-state index contributed by atoms with van der Waals surface area (Å²) in [6.45, 7) is 0.216. The zero-order valence-electron chi connectivity index (χ0n) is 18.1. The van der Waals surface area contributed by atoms with E-state index in [1.165, 1.54) is 10.9 Å². The third-order valence-electron chi connectivity index (χ3n) is 6.43. The van der Waals surface area contributed by atoms with Gasteiger partial charge in [0.05, 0.1) is 38.2 Å². The number of hydrogen-bond donors (Lipinski definition) is 5. The molecule has 1 aliphatic carbocycles. The Kier molecular flexibility index (Phi) is 7.64. The number of allylic oxidation sites excluding steroid dienone is 1. The predicted octanol–water partition coefficient (Wildman–Crippen LogP) is -1.90. The van der Waals surface area contributed by atoms with E-state index in [0.29, 0.717) is 23.6 Å². The van der Waals surface area contributed by atoms with Gasteiger partial charge in [-0.05, 0) is 12.8 Å². The Labute approximate surface area is 190 Å². The smallest absolute Gasteiger partial charge is 0.182 e. The van der Waals surface area contributed by atoms with E-state index in [9.17, 15) is 30.3 Å². The summed E-state index contributed by atoms with van der Waals surface area (Å²) in [6, 6.07) is 0. The summed E-state index contributed by atoms with van der Waals surface area (Å²) in [7, 11) is 0. The second-order valence-corrected chi connectivity index (χ2v) is 8.85. The van der Waals surface area contributed by atoms with E-state index in [2.05, 4.69) is 15.3 Å². The van der Waals surface area contributed by atoms with Crippen LogP contribution in [0.4, 0.5) is 0 Å². The molecule has 7 unspecified atom stereocenters. The van der Waals surface area contributed by atoms with Gasteiger partial charge < -0.3 is 35.0 Å².